The molecule has 0 spiro atoms. The van der Waals surface area contributed by atoms with Gasteiger partial charge in [0, 0.05) is 10.6 Å². The van der Waals surface area contributed by atoms with Gasteiger partial charge >= 0.3 is 0 Å². The quantitative estimate of drug-likeness (QED) is 0.735. The first-order valence-corrected chi connectivity index (χ1v) is 9.68. The molecule has 1 aliphatic heterocycles. The smallest absolute Gasteiger partial charge is 0.238 e. The van der Waals surface area contributed by atoms with Gasteiger partial charge in [-0.05, 0) is 47.0 Å². The molecule has 0 fully saturated rings. The summed E-state index contributed by atoms with van der Waals surface area (Å²) >= 11 is 6.14. The largest absolute Gasteiger partial charge is 0.454 e. The number of sulfonamides is 1. The molecule has 0 bridgehead atoms. The molecule has 0 saturated heterocycles. The van der Waals surface area contributed by atoms with Gasteiger partial charge in [-0.1, -0.05) is 41.9 Å². The molecule has 1 heterocycles. The van der Waals surface area contributed by atoms with E-state index in [2.05, 4.69) is 0 Å². The van der Waals surface area contributed by atoms with Gasteiger partial charge in [-0.25, -0.2) is 13.6 Å². The lowest BCUT2D eigenvalue weighted by Crippen LogP contribution is -2.13. The Kier molecular flexibility index (Phi) is 4.11. The summed E-state index contributed by atoms with van der Waals surface area (Å²) in [7, 11) is -3.90. The van der Waals surface area contributed by atoms with Gasteiger partial charge in [0.25, 0.3) is 0 Å². The highest BCUT2D eigenvalue weighted by Gasteiger charge is 2.22. The minimum atomic E-state index is -3.90. The topological polar surface area (TPSA) is 78.6 Å². The highest BCUT2D eigenvalue weighted by atomic mass is 35.5. The zero-order chi connectivity index (χ0) is 18.3. The van der Waals surface area contributed by atoms with Crippen molar-refractivity contribution in [3.63, 3.8) is 0 Å². The van der Waals surface area contributed by atoms with Gasteiger partial charge in [0.1, 0.15) is 0 Å². The maximum atomic E-state index is 12.1. The predicted octanol–water partition coefficient (Wildman–Crippen LogP) is 4.05. The maximum absolute atomic E-state index is 12.1. The highest BCUT2D eigenvalue weighted by Crippen LogP contribution is 2.44. The number of hydrogen-bond acceptors (Lipinski definition) is 4. The monoisotopic (exact) mass is 387 g/mol. The van der Waals surface area contributed by atoms with Crippen molar-refractivity contribution in [3.05, 3.63) is 65.7 Å². The van der Waals surface area contributed by atoms with Crippen molar-refractivity contribution >= 4 is 21.6 Å². The van der Waals surface area contributed by atoms with Crippen LogP contribution in [0.5, 0.6) is 11.5 Å². The lowest BCUT2D eigenvalue weighted by atomic mass is 9.94. The number of fused-ring (bicyclic) bond motifs is 1. The van der Waals surface area contributed by atoms with Gasteiger partial charge in [-0.3, -0.25) is 0 Å². The van der Waals surface area contributed by atoms with E-state index < -0.39 is 10.0 Å². The van der Waals surface area contributed by atoms with Crippen molar-refractivity contribution in [2.24, 2.45) is 5.14 Å². The van der Waals surface area contributed by atoms with Gasteiger partial charge in [0.05, 0.1) is 4.90 Å². The van der Waals surface area contributed by atoms with Crippen molar-refractivity contribution in [2.75, 3.05) is 6.79 Å². The minimum Gasteiger partial charge on any atom is -0.454 e. The van der Waals surface area contributed by atoms with Crippen LogP contribution in [0.2, 0.25) is 5.02 Å². The average Bonchev–Trinajstić information content (AvgIpc) is 3.07. The molecule has 3 aromatic carbocycles. The van der Waals surface area contributed by atoms with Crippen LogP contribution >= 0.6 is 11.6 Å². The predicted molar refractivity (Wildman–Crippen MR) is 99.8 cm³/mol. The van der Waals surface area contributed by atoms with Crippen molar-refractivity contribution in [1.29, 1.82) is 0 Å². The van der Waals surface area contributed by atoms with E-state index in [0.29, 0.717) is 27.6 Å². The number of halogens is 1. The highest BCUT2D eigenvalue weighted by molar-refractivity contribution is 7.89. The second-order valence-electron chi connectivity index (χ2n) is 5.80. The normalized spacial score (nSPS) is 13.0. The lowest BCUT2D eigenvalue weighted by Gasteiger charge is -2.14. The molecule has 0 aromatic heterocycles. The Morgan fingerprint density at radius 1 is 0.846 bits per heavy atom. The van der Waals surface area contributed by atoms with Gasteiger partial charge < -0.3 is 9.47 Å². The number of nitrogens with two attached hydrogens (primary N) is 1. The van der Waals surface area contributed by atoms with E-state index in [0.717, 1.165) is 11.1 Å². The molecule has 0 unspecified atom stereocenters. The molecule has 2 N–H and O–H groups in total. The summed E-state index contributed by atoms with van der Waals surface area (Å²) < 4.78 is 35.1. The zero-order valence-corrected chi connectivity index (χ0v) is 15.0. The van der Waals surface area contributed by atoms with Crippen molar-refractivity contribution in [2.45, 2.75) is 4.90 Å². The second kappa shape index (κ2) is 6.32. The summed E-state index contributed by atoms with van der Waals surface area (Å²) in [6.45, 7) is 0.116. The Balaban J connectivity index is 2.04. The first-order chi connectivity index (χ1) is 12.4. The molecule has 0 aliphatic carbocycles. The van der Waals surface area contributed by atoms with Crippen LogP contribution in [0.3, 0.4) is 0 Å². The van der Waals surface area contributed by atoms with Crippen LogP contribution in [0.4, 0.5) is 0 Å². The van der Waals surface area contributed by atoms with Gasteiger partial charge in [0.15, 0.2) is 11.5 Å². The third-order valence-electron chi connectivity index (χ3n) is 4.13. The van der Waals surface area contributed by atoms with Gasteiger partial charge in [-0.15, -0.1) is 0 Å². The third kappa shape index (κ3) is 3.03. The van der Waals surface area contributed by atoms with Crippen molar-refractivity contribution in [1.82, 2.24) is 0 Å². The van der Waals surface area contributed by atoms with E-state index in [1.807, 2.05) is 24.3 Å². The fourth-order valence-electron chi connectivity index (χ4n) is 3.00. The third-order valence-corrected chi connectivity index (χ3v) is 5.34. The Morgan fingerprint density at radius 2 is 1.54 bits per heavy atom. The molecule has 0 atom stereocenters. The van der Waals surface area contributed by atoms with Gasteiger partial charge in [-0.2, -0.15) is 0 Å². The molecule has 0 saturated carbocycles. The van der Waals surface area contributed by atoms with E-state index in [1.165, 1.54) is 6.07 Å². The van der Waals surface area contributed by atoms with Crippen LogP contribution < -0.4 is 14.6 Å². The Bertz CT molecular complexity index is 1110. The van der Waals surface area contributed by atoms with Crippen LogP contribution in [-0.4, -0.2) is 15.2 Å². The van der Waals surface area contributed by atoms with Crippen LogP contribution in [0.15, 0.2) is 65.6 Å². The fraction of sp³-hybridized carbons (Fsp3) is 0.0526. The van der Waals surface area contributed by atoms with E-state index in [4.69, 9.17) is 26.2 Å². The first-order valence-electron chi connectivity index (χ1n) is 7.75. The van der Waals surface area contributed by atoms with E-state index in [9.17, 15) is 8.42 Å². The number of hydrogen-bond donors (Lipinski definition) is 1. The SMILES string of the molecule is NS(=O)(=O)c1ccccc1-c1cc2c(cc1-c1cccc(Cl)c1)OCO2. The summed E-state index contributed by atoms with van der Waals surface area (Å²) in [5.74, 6) is 1.15. The van der Waals surface area contributed by atoms with Crippen molar-refractivity contribution < 1.29 is 17.9 Å². The van der Waals surface area contributed by atoms with Gasteiger partial charge in [0.2, 0.25) is 16.8 Å². The van der Waals surface area contributed by atoms with Crippen molar-refractivity contribution in [3.8, 4) is 33.8 Å². The summed E-state index contributed by atoms with van der Waals surface area (Å²) in [5, 5.41) is 5.99. The van der Waals surface area contributed by atoms with Crippen LogP contribution in [0.1, 0.15) is 0 Å². The van der Waals surface area contributed by atoms with E-state index in [1.54, 1.807) is 30.3 Å². The molecule has 4 rings (SSSR count). The first kappa shape index (κ1) is 16.9. The average molecular weight is 388 g/mol. The molecule has 0 radical (unpaired) electrons. The Morgan fingerprint density at radius 3 is 2.23 bits per heavy atom. The van der Waals surface area contributed by atoms with Crippen LogP contribution in [0, 0.1) is 0 Å². The zero-order valence-electron chi connectivity index (χ0n) is 13.5. The Labute approximate surface area is 156 Å². The summed E-state index contributed by atoms with van der Waals surface area (Å²) in [5.41, 5.74) is 2.76. The summed E-state index contributed by atoms with van der Waals surface area (Å²) in [4.78, 5) is 0.0437. The van der Waals surface area contributed by atoms with Crippen LogP contribution in [0.25, 0.3) is 22.3 Å². The second-order valence-corrected chi connectivity index (χ2v) is 7.77. The van der Waals surface area contributed by atoms with Crippen LogP contribution in [-0.2, 0) is 10.0 Å². The van der Waals surface area contributed by atoms with E-state index >= 15 is 0 Å². The number of benzene rings is 3. The molecule has 3 aromatic rings. The summed E-state index contributed by atoms with van der Waals surface area (Å²) in [6.07, 6.45) is 0. The minimum absolute atomic E-state index is 0.0437. The molecule has 7 heteroatoms. The molecule has 0 amide bonds. The number of rotatable bonds is 3. The standard InChI is InChI=1S/C19H14ClNO4S/c20-13-5-3-4-12(8-13)15-9-17-18(25-11-24-17)10-16(15)14-6-1-2-7-19(14)26(21,22)23/h1-10H,11H2,(H2,21,22,23). The molecular formula is C19H14ClNO4S. The molecule has 1 aliphatic rings. The maximum Gasteiger partial charge on any atom is 0.238 e. The molecular weight excluding hydrogens is 374 g/mol. The fourth-order valence-corrected chi connectivity index (χ4v) is 3.94. The Hall–Kier alpha value is -2.54. The summed E-state index contributed by atoms with van der Waals surface area (Å²) in [6, 6.07) is 17.5. The lowest BCUT2D eigenvalue weighted by molar-refractivity contribution is 0.174. The molecule has 132 valence electrons. The number of primary sulfonamides is 1. The number of ether oxygens (including phenoxy) is 2. The van der Waals surface area contributed by atoms with E-state index in [-0.39, 0.29) is 11.7 Å². The molecule has 26 heavy (non-hydrogen) atoms. The molecule has 5 nitrogen and oxygen atoms in total.